The van der Waals surface area contributed by atoms with Gasteiger partial charge in [-0.1, -0.05) is 70.7 Å². The fourth-order valence-corrected chi connectivity index (χ4v) is 8.15. The van der Waals surface area contributed by atoms with Gasteiger partial charge in [0.15, 0.2) is 11.6 Å². The first kappa shape index (κ1) is 46.4. The maximum absolute atomic E-state index is 13.7. The summed E-state index contributed by atoms with van der Waals surface area (Å²) in [5.41, 5.74) is 1.26. The van der Waals surface area contributed by atoms with E-state index in [4.69, 9.17) is 65.4 Å². The average Bonchev–Trinajstić information content (AvgIpc) is 3.83. The number of nitrogens with zero attached hydrogens (tertiary/aromatic N) is 6. The van der Waals surface area contributed by atoms with Crippen molar-refractivity contribution in [2.24, 2.45) is 0 Å². The second-order valence-corrected chi connectivity index (χ2v) is 15.4. The van der Waals surface area contributed by atoms with Crippen LogP contribution < -0.4 is 9.47 Å². The number of rotatable bonds is 8. The minimum atomic E-state index is -4.86. The van der Waals surface area contributed by atoms with Gasteiger partial charge < -0.3 is 29.2 Å². The number of halogens is 10. The normalized spacial score (nSPS) is 17.9. The number of fused-ring (bicyclic) bond motifs is 6. The highest BCUT2D eigenvalue weighted by Crippen LogP contribution is 2.48. The van der Waals surface area contributed by atoms with Crippen LogP contribution in [0.3, 0.4) is 0 Å². The van der Waals surface area contributed by atoms with Crippen molar-refractivity contribution in [2.45, 2.75) is 49.6 Å². The third-order valence-corrected chi connectivity index (χ3v) is 11.1. The largest absolute Gasteiger partial charge is 0.495 e. The van der Waals surface area contributed by atoms with Gasteiger partial charge in [0, 0.05) is 32.3 Å². The summed E-state index contributed by atoms with van der Waals surface area (Å²) in [5, 5.41) is 33.4. The third kappa shape index (κ3) is 9.02. The molecular formula is C40H28Cl4F6N6O8. The molecule has 4 heterocycles. The van der Waals surface area contributed by atoms with E-state index >= 15 is 0 Å². The van der Waals surface area contributed by atoms with E-state index in [9.17, 15) is 46.1 Å². The van der Waals surface area contributed by atoms with E-state index in [-0.39, 0.29) is 54.2 Å². The standard InChI is InChI=1S/2C20H14Cl2F3N3O4/c2*1-31-13-4-2-3-10(16(13)22)17-11-7-9(21)5-6-12(11)28-18(14(32-17)8-15(29)30)26-27-19(28)20(23,24)25/h2*2-7,14,17H,8H2,1H3,(H,29,30)/t2*14-,17-/m00/s1. The number of alkyl halides is 6. The fourth-order valence-electron chi connectivity index (χ4n) is 7.18. The number of hydrogen-bond acceptors (Lipinski definition) is 10. The molecule has 0 bridgehead atoms. The number of aromatic nitrogens is 6. The van der Waals surface area contributed by atoms with E-state index in [2.05, 4.69) is 20.4 Å². The molecule has 0 spiro atoms. The lowest BCUT2D eigenvalue weighted by Gasteiger charge is -2.23. The lowest BCUT2D eigenvalue weighted by atomic mass is 9.99. The van der Waals surface area contributed by atoms with Crippen molar-refractivity contribution < 1.29 is 65.1 Å². The molecule has 336 valence electrons. The van der Waals surface area contributed by atoms with Crippen LogP contribution in [0, 0.1) is 0 Å². The molecule has 2 aliphatic rings. The van der Waals surface area contributed by atoms with E-state index < -0.39 is 73.2 Å². The highest BCUT2D eigenvalue weighted by Gasteiger charge is 2.45. The van der Waals surface area contributed by atoms with Crippen molar-refractivity contribution in [3.63, 3.8) is 0 Å². The summed E-state index contributed by atoms with van der Waals surface area (Å²) in [6.07, 6.45) is -15.9. The smallest absolute Gasteiger partial charge is 0.452 e. The molecular weight excluding hydrogens is 948 g/mol. The molecule has 6 aromatic rings. The van der Waals surface area contributed by atoms with Gasteiger partial charge in [0.2, 0.25) is 11.6 Å². The summed E-state index contributed by atoms with van der Waals surface area (Å²) in [6.45, 7) is 0. The van der Waals surface area contributed by atoms with Crippen LogP contribution in [0.4, 0.5) is 26.3 Å². The van der Waals surface area contributed by atoms with Crippen molar-refractivity contribution >= 4 is 58.3 Å². The predicted molar refractivity (Wildman–Crippen MR) is 215 cm³/mol. The molecule has 0 saturated heterocycles. The van der Waals surface area contributed by atoms with E-state index in [0.717, 1.165) is 9.13 Å². The summed E-state index contributed by atoms with van der Waals surface area (Å²) >= 11 is 25.3. The molecule has 14 nitrogen and oxygen atoms in total. The molecule has 0 fully saturated rings. The van der Waals surface area contributed by atoms with Gasteiger partial charge in [0.25, 0.3) is 0 Å². The van der Waals surface area contributed by atoms with Crippen LogP contribution in [0.5, 0.6) is 11.5 Å². The Labute approximate surface area is 376 Å². The second-order valence-electron chi connectivity index (χ2n) is 13.8. The molecule has 8 rings (SSSR count). The Balaban J connectivity index is 0.000000191. The van der Waals surface area contributed by atoms with Gasteiger partial charge >= 0.3 is 24.3 Å². The minimum absolute atomic E-state index is 0.0403. The monoisotopic (exact) mass is 974 g/mol. The molecule has 2 aliphatic heterocycles. The molecule has 0 unspecified atom stereocenters. The maximum Gasteiger partial charge on any atom is 0.452 e. The van der Waals surface area contributed by atoms with Crippen LogP contribution in [0.2, 0.25) is 20.1 Å². The number of carboxylic acid groups (broad SMARTS) is 2. The van der Waals surface area contributed by atoms with Crippen molar-refractivity contribution in [1.29, 1.82) is 0 Å². The molecule has 24 heteroatoms. The van der Waals surface area contributed by atoms with E-state index in [1.165, 1.54) is 50.6 Å². The van der Waals surface area contributed by atoms with Crippen molar-refractivity contribution in [1.82, 2.24) is 29.5 Å². The van der Waals surface area contributed by atoms with Crippen LogP contribution in [0.1, 0.15) is 82.8 Å². The van der Waals surface area contributed by atoms with E-state index in [1.54, 1.807) is 36.4 Å². The van der Waals surface area contributed by atoms with Gasteiger partial charge in [-0.25, -0.2) is 0 Å². The molecule has 4 atom stereocenters. The summed E-state index contributed by atoms with van der Waals surface area (Å²) in [5.74, 6) is -5.19. The molecule has 0 amide bonds. The molecule has 2 aromatic heterocycles. The van der Waals surface area contributed by atoms with E-state index in [0.29, 0.717) is 22.6 Å². The summed E-state index contributed by atoms with van der Waals surface area (Å²) in [6, 6.07) is 18.1. The Morgan fingerprint density at radius 2 is 0.984 bits per heavy atom. The molecule has 64 heavy (non-hydrogen) atoms. The van der Waals surface area contributed by atoms with Crippen molar-refractivity contribution in [2.75, 3.05) is 14.2 Å². The van der Waals surface area contributed by atoms with Gasteiger partial charge in [-0.3, -0.25) is 18.7 Å². The van der Waals surface area contributed by atoms with Crippen LogP contribution >= 0.6 is 46.4 Å². The first-order valence-electron chi connectivity index (χ1n) is 18.3. The topological polar surface area (TPSA) is 173 Å². The Morgan fingerprint density at radius 3 is 1.31 bits per heavy atom. The van der Waals surface area contributed by atoms with Crippen LogP contribution in [0.25, 0.3) is 11.4 Å². The molecule has 0 aliphatic carbocycles. The van der Waals surface area contributed by atoms with Gasteiger partial charge in [-0.15, -0.1) is 20.4 Å². The van der Waals surface area contributed by atoms with E-state index in [1.807, 2.05) is 0 Å². The molecule has 0 saturated carbocycles. The number of benzene rings is 4. The SMILES string of the molecule is COc1cccc([C@@H]2O[C@@H](CC(=O)O)c3nnc(C(F)(F)F)n3-c3ccc(Cl)cc32)c1Cl.COc1cccc([C@@H]2O[C@@H](CC(=O)O)c3nnc(C(F)(F)F)n3-c3ccc(Cl)cc32)c1Cl. The molecule has 4 aromatic carbocycles. The number of hydrogen-bond donors (Lipinski definition) is 2. The Bertz CT molecular complexity index is 2580. The first-order chi connectivity index (χ1) is 30.2. The Morgan fingerprint density at radius 1 is 0.609 bits per heavy atom. The number of aliphatic carboxylic acids is 2. The minimum Gasteiger partial charge on any atom is -0.495 e. The first-order valence-corrected chi connectivity index (χ1v) is 19.8. The summed E-state index contributed by atoms with van der Waals surface area (Å²) in [4.78, 5) is 23.0. The van der Waals surface area contributed by atoms with Crippen LogP contribution in [0.15, 0.2) is 72.8 Å². The van der Waals surface area contributed by atoms with Gasteiger partial charge in [0.05, 0.1) is 48.5 Å². The molecule has 2 N–H and O–H groups in total. The zero-order chi connectivity index (χ0) is 46.4. The zero-order valence-electron chi connectivity index (χ0n) is 32.5. The second kappa shape index (κ2) is 18.1. The third-order valence-electron chi connectivity index (χ3n) is 9.80. The maximum atomic E-state index is 13.7. The predicted octanol–water partition coefficient (Wildman–Crippen LogP) is 10.5. The summed E-state index contributed by atoms with van der Waals surface area (Å²) in [7, 11) is 2.82. The average molecular weight is 976 g/mol. The highest BCUT2D eigenvalue weighted by molar-refractivity contribution is 6.33. The number of carboxylic acids is 2. The lowest BCUT2D eigenvalue weighted by molar-refractivity contribution is -0.147. The lowest BCUT2D eigenvalue weighted by Crippen LogP contribution is -2.17. The van der Waals surface area contributed by atoms with Crippen molar-refractivity contribution in [3.05, 3.63) is 138 Å². The number of ether oxygens (including phenoxy) is 4. The molecule has 0 radical (unpaired) electrons. The van der Waals surface area contributed by atoms with Gasteiger partial charge in [-0.05, 0) is 48.5 Å². The zero-order valence-corrected chi connectivity index (χ0v) is 35.5. The summed E-state index contributed by atoms with van der Waals surface area (Å²) < 4.78 is 107. The number of carbonyl (C=O) groups is 2. The van der Waals surface area contributed by atoms with Crippen LogP contribution in [-0.2, 0) is 31.4 Å². The van der Waals surface area contributed by atoms with Gasteiger partial charge in [-0.2, -0.15) is 26.3 Å². The van der Waals surface area contributed by atoms with Crippen LogP contribution in [-0.4, -0.2) is 65.9 Å². The van der Waals surface area contributed by atoms with Gasteiger partial charge in [0.1, 0.15) is 35.9 Å². The van der Waals surface area contributed by atoms with Crippen molar-refractivity contribution in [3.8, 4) is 22.9 Å². The highest BCUT2D eigenvalue weighted by atomic mass is 35.5. The number of methoxy groups -OCH3 is 2. The fraction of sp³-hybridized carbons (Fsp3) is 0.250. The quantitative estimate of drug-likeness (QED) is 0.138. The Hall–Kier alpha value is -5.64. The Kier molecular flexibility index (Phi) is 13.1.